The Morgan fingerprint density at radius 2 is 1.10 bits per heavy atom. The van der Waals surface area contributed by atoms with Crippen LogP contribution in [-0.2, 0) is 25.9 Å². The fraction of sp³-hybridized carbons (Fsp3) is 0.321. The second-order valence-corrected chi connectivity index (χ2v) is 17.9. The minimum Gasteiger partial charge on any atom is -0.490 e. The fourth-order valence-electron chi connectivity index (χ4n) is 8.58. The summed E-state index contributed by atoms with van der Waals surface area (Å²) >= 11 is 0. The van der Waals surface area contributed by atoms with Crippen LogP contribution < -0.4 is 20.7 Å². The number of hydrogen-bond donors (Lipinski definition) is 0. The first kappa shape index (κ1) is 46.5. The summed E-state index contributed by atoms with van der Waals surface area (Å²) < 4.78 is 26.7. The molecule has 6 heterocycles. The lowest BCUT2D eigenvalue weighted by atomic mass is 10.0. The summed E-state index contributed by atoms with van der Waals surface area (Å²) in [7, 11) is 4.22. The zero-order chi connectivity index (χ0) is 47.9. The third-order valence-corrected chi connectivity index (χ3v) is 12.6. The maximum atomic E-state index is 12.8. The van der Waals surface area contributed by atoms with E-state index in [2.05, 4.69) is 44.5 Å². The number of carbonyl (C=O) groups excluding carboxylic acids is 2. The second-order valence-electron chi connectivity index (χ2n) is 17.9. The lowest BCUT2D eigenvalue weighted by molar-refractivity contribution is 0.0979. The van der Waals surface area contributed by atoms with Crippen molar-refractivity contribution in [3.8, 4) is 11.5 Å². The first-order valence-electron chi connectivity index (χ1n) is 23.3. The van der Waals surface area contributed by atoms with Gasteiger partial charge in [0.1, 0.15) is 46.3 Å². The van der Waals surface area contributed by atoms with Gasteiger partial charge in [-0.25, -0.2) is 19.0 Å². The molecule has 0 saturated carbocycles. The first-order valence-corrected chi connectivity index (χ1v) is 23.3. The molecule has 0 bridgehead atoms. The number of aryl methyl sites for hydroxylation is 1. The van der Waals surface area contributed by atoms with E-state index in [9.17, 15) is 19.2 Å². The van der Waals surface area contributed by atoms with E-state index in [1.165, 1.54) is 0 Å². The summed E-state index contributed by atoms with van der Waals surface area (Å²) in [5.74, 6) is 0.848. The number of nitrogens with zero attached hydrogens (tertiary/aromatic N) is 8. The van der Waals surface area contributed by atoms with E-state index < -0.39 is 11.3 Å². The van der Waals surface area contributed by atoms with Gasteiger partial charge in [0.25, 0.3) is 0 Å². The predicted molar refractivity (Wildman–Crippen MR) is 259 cm³/mol. The lowest BCUT2D eigenvalue weighted by Crippen LogP contribution is -2.35. The van der Waals surface area contributed by atoms with Crippen LogP contribution >= 0.6 is 0 Å². The Hall–Kier alpha value is -7.56. The van der Waals surface area contributed by atoms with E-state index in [1.807, 2.05) is 91.9 Å². The van der Waals surface area contributed by atoms with E-state index in [0.29, 0.717) is 41.1 Å². The quantitative estimate of drug-likeness (QED) is 0.0806. The summed E-state index contributed by atoms with van der Waals surface area (Å²) in [6.45, 7) is 6.94. The van der Waals surface area contributed by atoms with Crippen molar-refractivity contribution >= 4 is 33.5 Å². The van der Waals surface area contributed by atoms with Gasteiger partial charge < -0.3 is 28.1 Å². The molecule has 0 radical (unpaired) electrons. The van der Waals surface area contributed by atoms with Crippen molar-refractivity contribution in [2.75, 3.05) is 40.3 Å². The van der Waals surface area contributed by atoms with Crippen molar-refractivity contribution in [1.29, 1.82) is 0 Å². The van der Waals surface area contributed by atoms with E-state index >= 15 is 0 Å². The number of fused-ring (bicyclic) bond motifs is 2. The molecule has 0 amide bonds. The topological polar surface area (TPSA) is 181 Å². The van der Waals surface area contributed by atoms with Crippen LogP contribution in [0.5, 0.6) is 11.5 Å². The average molecular weight is 931 g/mol. The molecule has 16 nitrogen and oxygen atoms in total. The number of carbonyl (C=O) groups is 2. The number of rotatable bonds is 14. The Labute approximate surface area is 398 Å². The maximum Gasteiger partial charge on any atom is 0.339 e. The number of hydrogen-bond acceptors (Lipinski definition) is 14. The molecule has 0 spiro atoms. The zero-order valence-electron chi connectivity index (χ0n) is 39.0. The summed E-state index contributed by atoms with van der Waals surface area (Å²) in [6, 6.07) is 32.3. The molecule has 2 aliphatic rings. The summed E-state index contributed by atoms with van der Waals surface area (Å²) in [4.78, 5) is 55.4. The van der Waals surface area contributed by atoms with E-state index in [4.69, 9.17) is 18.3 Å². The Morgan fingerprint density at radius 1 is 0.609 bits per heavy atom. The molecule has 0 N–H and O–H groups in total. The molecular weight excluding hydrogens is 877 g/mol. The number of ether oxygens (including phenoxy) is 2. The highest BCUT2D eigenvalue weighted by Crippen LogP contribution is 2.30. The third kappa shape index (κ3) is 11.8. The number of piperidine rings is 2. The second kappa shape index (κ2) is 21.2. The average Bonchev–Trinajstić information content (AvgIpc) is 4.03. The largest absolute Gasteiger partial charge is 0.490 e. The van der Waals surface area contributed by atoms with Gasteiger partial charge in [0.15, 0.2) is 11.6 Å². The Bertz CT molecular complexity index is 3180. The van der Waals surface area contributed by atoms with Gasteiger partial charge in [-0.05, 0) is 94.2 Å². The van der Waals surface area contributed by atoms with Gasteiger partial charge >= 0.3 is 11.3 Å². The molecule has 69 heavy (non-hydrogen) atoms. The molecule has 354 valence electrons. The van der Waals surface area contributed by atoms with Gasteiger partial charge in [-0.2, -0.15) is 0 Å². The monoisotopic (exact) mass is 930 g/mol. The van der Waals surface area contributed by atoms with Crippen LogP contribution in [0.15, 0.2) is 134 Å². The molecule has 0 unspecified atom stereocenters. The molecule has 0 aliphatic carbocycles. The molecule has 4 aromatic carbocycles. The minimum absolute atomic E-state index is 0.101. The Kier molecular flexibility index (Phi) is 14.3. The van der Waals surface area contributed by atoms with E-state index in [-0.39, 0.29) is 48.0 Å². The number of ketones is 2. The Balaban J connectivity index is 0.000000172. The normalized spacial score (nSPS) is 14.9. The highest BCUT2D eigenvalue weighted by atomic mass is 16.5. The zero-order valence-corrected chi connectivity index (χ0v) is 39.0. The van der Waals surface area contributed by atoms with Gasteiger partial charge in [-0.1, -0.05) is 71.1 Å². The smallest absolute Gasteiger partial charge is 0.339 e. The molecule has 10 rings (SSSR count). The van der Waals surface area contributed by atoms with Crippen molar-refractivity contribution in [2.24, 2.45) is 0 Å². The van der Waals surface area contributed by atoms with E-state index in [1.54, 1.807) is 40.0 Å². The van der Waals surface area contributed by atoms with Crippen molar-refractivity contribution in [3.63, 3.8) is 0 Å². The summed E-state index contributed by atoms with van der Waals surface area (Å²) in [6.07, 6.45) is 7.19. The van der Waals surface area contributed by atoms with Crippen LogP contribution in [0.2, 0.25) is 0 Å². The van der Waals surface area contributed by atoms with Crippen LogP contribution in [0, 0.1) is 6.92 Å². The van der Waals surface area contributed by atoms with Gasteiger partial charge in [-0.15, -0.1) is 10.2 Å². The number of Topliss-reactive ketones (excluding diaryl/α,β-unsaturated/α-hetero) is 2. The maximum absolute atomic E-state index is 12.8. The van der Waals surface area contributed by atoms with Crippen LogP contribution in [0.4, 0.5) is 0 Å². The van der Waals surface area contributed by atoms with Gasteiger partial charge in [0, 0.05) is 72.5 Å². The van der Waals surface area contributed by atoms with Crippen LogP contribution in [0.1, 0.15) is 74.5 Å². The molecule has 0 atom stereocenters. The van der Waals surface area contributed by atoms with Crippen LogP contribution in [0.3, 0.4) is 0 Å². The molecule has 2 saturated heterocycles. The Morgan fingerprint density at radius 3 is 1.65 bits per heavy atom. The molecule has 4 aromatic heterocycles. The van der Waals surface area contributed by atoms with E-state index in [0.717, 1.165) is 85.1 Å². The molecule has 2 fully saturated rings. The SMILES string of the molecule is CN1CCC(Oc2ccc3cc(CC(=O)c4cn(Cc5ccccc5)nn4)c(=O)oc3c2)CC1.Cc1c(OC2CCN(C)CC2)ccc2cc(CC(=O)c3cn(Cc4ccccc4)nn3)c(=O)oc12. The highest BCUT2D eigenvalue weighted by molar-refractivity contribution is 5.96. The fourth-order valence-corrected chi connectivity index (χ4v) is 8.58. The number of benzene rings is 4. The standard InChI is InChI=1S/C27H28N4O4.C26H26N4O4/c1-18-25(34-22-10-12-30(2)13-11-22)9-8-20-14-21(27(33)35-26(18)20)15-24(32)23-17-31(29-28-23)16-19-6-4-3-5-7-19;1-29-11-9-21(10-12-29)33-22-8-7-19-13-20(26(32)34-25(19)15-22)14-24(31)23-17-30(28-27-23)16-18-5-3-2-4-6-18/h3-9,14,17,22H,10-13,15-16H2,1-2H3;2-8,13,15,17,21H,9-12,14,16H2,1H3. The van der Waals surface area contributed by atoms with Crippen molar-refractivity contribution < 1.29 is 27.9 Å². The van der Waals surface area contributed by atoms with Gasteiger partial charge in [0.05, 0.1) is 25.5 Å². The minimum atomic E-state index is -0.533. The van der Waals surface area contributed by atoms with Gasteiger partial charge in [0.2, 0.25) is 0 Å². The summed E-state index contributed by atoms with van der Waals surface area (Å²) in [5.41, 5.74) is 3.81. The van der Waals surface area contributed by atoms with Crippen molar-refractivity contribution in [3.05, 3.63) is 176 Å². The van der Waals surface area contributed by atoms with Gasteiger partial charge in [-0.3, -0.25) is 9.59 Å². The molecule has 16 heteroatoms. The first-order chi connectivity index (χ1) is 33.5. The number of likely N-dealkylation sites (tertiary alicyclic amines) is 2. The predicted octanol–water partition coefficient (Wildman–Crippen LogP) is 6.97. The van der Waals surface area contributed by atoms with Crippen molar-refractivity contribution in [1.82, 2.24) is 39.8 Å². The lowest BCUT2D eigenvalue weighted by Gasteiger charge is -2.29. The van der Waals surface area contributed by atoms with Crippen molar-refractivity contribution in [2.45, 2.75) is 70.7 Å². The number of aromatic nitrogens is 6. The third-order valence-electron chi connectivity index (χ3n) is 12.6. The highest BCUT2D eigenvalue weighted by Gasteiger charge is 2.22. The molecule has 8 aromatic rings. The molecule has 2 aliphatic heterocycles. The van der Waals surface area contributed by atoms with Crippen LogP contribution in [0.25, 0.3) is 21.9 Å². The van der Waals surface area contributed by atoms with Crippen LogP contribution in [-0.4, -0.2) is 104 Å². The summed E-state index contributed by atoms with van der Waals surface area (Å²) in [5, 5.41) is 17.6. The molecular formula is C53H54N8O8.